The van der Waals surface area contributed by atoms with Gasteiger partial charge in [-0.2, -0.15) is 5.10 Å². The van der Waals surface area contributed by atoms with Crippen LogP contribution in [0, 0.1) is 10.1 Å². The number of aromatic nitrogens is 3. The van der Waals surface area contributed by atoms with Crippen LogP contribution in [0.3, 0.4) is 0 Å². The van der Waals surface area contributed by atoms with E-state index in [4.69, 9.17) is 0 Å². The van der Waals surface area contributed by atoms with Gasteiger partial charge in [0, 0.05) is 22.7 Å². The number of nitrogens with one attached hydrogen (secondary N) is 4. The molecule has 0 aliphatic heterocycles. The van der Waals surface area contributed by atoms with Crippen molar-refractivity contribution in [1.82, 2.24) is 20.6 Å². The summed E-state index contributed by atoms with van der Waals surface area (Å²) in [6.45, 7) is 5.97. The molecule has 130 valence electrons. The van der Waals surface area contributed by atoms with E-state index in [2.05, 4.69) is 31.3 Å². The third-order valence-corrected chi connectivity index (χ3v) is 3.34. The standard InChI is InChI=1S/C16H19N7O2/c1-16(2,3)22-21-14-7-6-13(23(24)25)15(19-14)18-11-4-5-12-10(8-11)9-17-20-12/h4-9,22H,1-3H3,(H,17,20)(H2,18,19,21). The summed E-state index contributed by atoms with van der Waals surface area (Å²) in [5.74, 6) is 0.640. The molecule has 2 heterocycles. The molecule has 0 saturated carbocycles. The molecule has 3 rings (SSSR count). The molecular formula is C16H19N7O2. The van der Waals surface area contributed by atoms with Crippen LogP contribution in [0.1, 0.15) is 20.8 Å². The Balaban J connectivity index is 1.89. The summed E-state index contributed by atoms with van der Waals surface area (Å²) in [6.07, 6.45) is 1.69. The van der Waals surface area contributed by atoms with Gasteiger partial charge in [-0.1, -0.05) is 0 Å². The number of rotatable bonds is 5. The lowest BCUT2D eigenvalue weighted by Gasteiger charge is -2.21. The fourth-order valence-electron chi connectivity index (χ4n) is 2.17. The first-order valence-electron chi connectivity index (χ1n) is 7.71. The molecular weight excluding hydrogens is 322 g/mol. The van der Waals surface area contributed by atoms with E-state index in [-0.39, 0.29) is 17.0 Å². The average molecular weight is 341 g/mol. The Morgan fingerprint density at radius 3 is 2.72 bits per heavy atom. The normalized spacial score (nSPS) is 11.5. The summed E-state index contributed by atoms with van der Waals surface area (Å²) >= 11 is 0. The molecule has 0 amide bonds. The topological polar surface area (TPSA) is 121 Å². The highest BCUT2D eigenvalue weighted by Crippen LogP contribution is 2.28. The minimum absolute atomic E-state index is 0.103. The van der Waals surface area contributed by atoms with Gasteiger partial charge in [0.05, 0.1) is 16.6 Å². The molecule has 0 radical (unpaired) electrons. The van der Waals surface area contributed by atoms with Gasteiger partial charge in [-0.05, 0) is 45.0 Å². The number of aromatic amines is 1. The molecule has 0 fully saturated rings. The summed E-state index contributed by atoms with van der Waals surface area (Å²) in [5, 5.41) is 22.0. The van der Waals surface area contributed by atoms with Crippen LogP contribution in [-0.4, -0.2) is 25.6 Å². The summed E-state index contributed by atoms with van der Waals surface area (Å²) in [6, 6.07) is 8.47. The maximum absolute atomic E-state index is 11.3. The SMILES string of the molecule is CC(C)(C)NNc1ccc([N+](=O)[O-])c(Nc2ccc3[nH]ncc3c2)n1. The smallest absolute Gasteiger partial charge is 0.311 e. The Hall–Kier alpha value is -3.20. The first kappa shape index (κ1) is 16.7. The number of pyridine rings is 1. The molecule has 3 aromatic rings. The third-order valence-electron chi connectivity index (χ3n) is 3.34. The highest BCUT2D eigenvalue weighted by molar-refractivity contribution is 5.83. The first-order chi connectivity index (χ1) is 11.8. The van der Waals surface area contributed by atoms with Crippen molar-refractivity contribution in [1.29, 1.82) is 0 Å². The summed E-state index contributed by atoms with van der Waals surface area (Å²) < 4.78 is 0. The Kier molecular flexibility index (Phi) is 4.24. The minimum Gasteiger partial charge on any atom is -0.334 e. The van der Waals surface area contributed by atoms with Gasteiger partial charge in [0.2, 0.25) is 5.82 Å². The second kappa shape index (κ2) is 6.36. The van der Waals surface area contributed by atoms with Crippen molar-refractivity contribution in [3.05, 3.63) is 46.6 Å². The molecule has 0 aliphatic rings. The van der Waals surface area contributed by atoms with Gasteiger partial charge < -0.3 is 10.7 Å². The van der Waals surface area contributed by atoms with Gasteiger partial charge in [0.15, 0.2) is 0 Å². The largest absolute Gasteiger partial charge is 0.334 e. The monoisotopic (exact) mass is 341 g/mol. The maximum atomic E-state index is 11.3. The van der Waals surface area contributed by atoms with Crippen molar-refractivity contribution in [3.63, 3.8) is 0 Å². The van der Waals surface area contributed by atoms with E-state index in [0.717, 1.165) is 10.9 Å². The lowest BCUT2D eigenvalue weighted by atomic mass is 10.1. The first-order valence-corrected chi connectivity index (χ1v) is 7.71. The summed E-state index contributed by atoms with van der Waals surface area (Å²) in [5.41, 5.74) is 7.33. The van der Waals surface area contributed by atoms with Crippen LogP contribution < -0.4 is 16.2 Å². The fraction of sp³-hybridized carbons (Fsp3) is 0.250. The van der Waals surface area contributed by atoms with Crippen LogP contribution in [0.15, 0.2) is 36.5 Å². The lowest BCUT2D eigenvalue weighted by molar-refractivity contribution is -0.384. The highest BCUT2D eigenvalue weighted by Gasteiger charge is 2.17. The van der Waals surface area contributed by atoms with Crippen molar-refractivity contribution in [2.24, 2.45) is 0 Å². The maximum Gasteiger partial charge on any atom is 0.311 e. The van der Waals surface area contributed by atoms with Crippen LogP contribution in [0.2, 0.25) is 0 Å². The number of hydrogen-bond acceptors (Lipinski definition) is 7. The van der Waals surface area contributed by atoms with E-state index in [9.17, 15) is 10.1 Å². The Morgan fingerprint density at radius 2 is 2.00 bits per heavy atom. The van der Waals surface area contributed by atoms with Crippen molar-refractivity contribution in [2.45, 2.75) is 26.3 Å². The molecule has 0 bridgehead atoms. The second-order valence-corrected chi connectivity index (χ2v) is 6.62. The molecule has 2 aromatic heterocycles. The quantitative estimate of drug-likeness (QED) is 0.415. The Labute approximate surface area is 144 Å². The minimum atomic E-state index is -0.466. The molecule has 0 unspecified atom stereocenters. The number of fused-ring (bicyclic) bond motifs is 1. The number of H-pyrrole nitrogens is 1. The number of nitro groups is 1. The molecule has 9 heteroatoms. The van der Waals surface area contributed by atoms with Crippen molar-refractivity contribution in [2.75, 3.05) is 10.7 Å². The highest BCUT2D eigenvalue weighted by atomic mass is 16.6. The fourth-order valence-corrected chi connectivity index (χ4v) is 2.17. The molecule has 1 aromatic carbocycles. The van der Waals surface area contributed by atoms with Gasteiger partial charge in [0.25, 0.3) is 0 Å². The number of anilines is 3. The Bertz CT molecular complexity index is 914. The van der Waals surface area contributed by atoms with E-state index in [1.165, 1.54) is 6.07 Å². The number of nitrogens with zero attached hydrogens (tertiary/aromatic N) is 3. The predicted molar refractivity (Wildman–Crippen MR) is 96.8 cm³/mol. The molecule has 4 N–H and O–H groups in total. The average Bonchev–Trinajstić information content (AvgIpc) is 3.00. The number of hydrazine groups is 1. The third kappa shape index (κ3) is 4.01. The second-order valence-electron chi connectivity index (χ2n) is 6.62. The van der Waals surface area contributed by atoms with Crippen LogP contribution in [0.25, 0.3) is 10.9 Å². The van der Waals surface area contributed by atoms with Crippen molar-refractivity contribution in [3.8, 4) is 0 Å². The molecule has 0 spiro atoms. The lowest BCUT2D eigenvalue weighted by Crippen LogP contribution is -2.40. The van der Waals surface area contributed by atoms with Gasteiger partial charge in [-0.25, -0.2) is 10.4 Å². The zero-order valence-corrected chi connectivity index (χ0v) is 14.1. The van der Waals surface area contributed by atoms with E-state index in [1.54, 1.807) is 18.3 Å². The van der Waals surface area contributed by atoms with Gasteiger partial charge in [0.1, 0.15) is 5.82 Å². The molecule has 0 saturated heterocycles. The van der Waals surface area contributed by atoms with Gasteiger partial charge >= 0.3 is 5.69 Å². The zero-order chi connectivity index (χ0) is 18.0. The van der Waals surface area contributed by atoms with Crippen LogP contribution in [0.4, 0.5) is 23.0 Å². The Morgan fingerprint density at radius 1 is 1.20 bits per heavy atom. The van der Waals surface area contributed by atoms with E-state index >= 15 is 0 Å². The molecule has 25 heavy (non-hydrogen) atoms. The number of hydrogen-bond donors (Lipinski definition) is 4. The van der Waals surface area contributed by atoms with Crippen LogP contribution in [-0.2, 0) is 0 Å². The van der Waals surface area contributed by atoms with E-state index < -0.39 is 4.92 Å². The predicted octanol–water partition coefficient (Wildman–Crippen LogP) is 3.32. The van der Waals surface area contributed by atoms with E-state index in [0.29, 0.717) is 11.5 Å². The van der Waals surface area contributed by atoms with Crippen molar-refractivity contribution >= 4 is 33.9 Å². The van der Waals surface area contributed by atoms with Crippen LogP contribution >= 0.6 is 0 Å². The number of benzene rings is 1. The molecule has 0 atom stereocenters. The molecule has 0 aliphatic carbocycles. The molecule has 9 nitrogen and oxygen atoms in total. The summed E-state index contributed by atoms with van der Waals surface area (Å²) in [7, 11) is 0. The summed E-state index contributed by atoms with van der Waals surface area (Å²) in [4.78, 5) is 15.1. The van der Waals surface area contributed by atoms with Gasteiger partial charge in [-0.3, -0.25) is 15.2 Å². The van der Waals surface area contributed by atoms with Gasteiger partial charge in [-0.15, -0.1) is 0 Å². The van der Waals surface area contributed by atoms with Crippen molar-refractivity contribution < 1.29 is 4.92 Å². The van der Waals surface area contributed by atoms with Crippen LogP contribution in [0.5, 0.6) is 0 Å². The van der Waals surface area contributed by atoms with E-state index in [1.807, 2.05) is 32.9 Å². The zero-order valence-electron chi connectivity index (χ0n) is 14.1.